The van der Waals surface area contributed by atoms with Gasteiger partial charge in [-0.2, -0.15) is 0 Å². The van der Waals surface area contributed by atoms with Crippen LogP contribution in [0.1, 0.15) is 6.92 Å². The summed E-state index contributed by atoms with van der Waals surface area (Å²) in [7, 11) is 0. The number of aliphatic hydroxyl groups excluding tert-OH is 8. The highest BCUT2D eigenvalue weighted by molar-refractivity contribution is 4.93. The molecule has 160 valence electrons. The maximum Gasteiger partial charge on any atom is 0.187 e. The van der Waals surface area contributed by atoms with Gasteiger partial charge in [0.2, 0.25) is 0 Å². The van der Waals surface area contributed by atoms with Crippen molar-refractivity contribution < 1.29 is 59.8 Å². The molecule has 3 heterocycles. The summed E-state index contributed by atoms with van der Waals surface area (Å²) < 4.78 is 19.8. The lowest BCUT2D eigenvalue weighted by atomic mass is 9.97. The van der Waals surface area contributed by atoms with Crippen LogP contribution in [0.15, 0.2) is 0 Å². The summed E-state index contributed by atoms with van der Waals surface area (Å²) in [5.74, 6) is 0. The van der Waals surface area contributed by atoms with Gasteiger partial charge >= 0.3 is 0 Å². The molecule has 0 aromatic carbocycles. The third kappa shape index (κ3) is 5.53. The average Bonchev–Trinajstić information content (AvgIpc) is 3.44. The van der Waals surface area contributed by atoms with E-state index in [2.05, 4.69) is 6.92 Å². The van der Waals surface area contributed by atoms with Gasteiger partial charge in [-0.15, -0.1) is 0 Å². The summed E-state index contributed by atoms with van der Waals surface area (Å²) in [6, 6.07) is 0. The van der Waals surface area contributed by atoms with E-state index in [1.54, 1.807) is 0 Å². The summed E-state index contributed by atoms with van der Waals surface area (Å²) in [5.41, 5.74) is 0. The van der Waals surface area contributed by atoms with E-state index in [4.69, 9.17) is 29.2 Å². The van der Waals surface area contributed by atoms with Crippen molar-refractivity contribution in [3.05, 3.63) is 0 Å². The summed E-state index contributed by atoms with van der Waals surface area (Å²) in [5, 5.41) is 76.7. The minimum Gasteiger partial charge on any atom is -0.394 e. The summed E-state index contributed by atoms with van der Waals surface area (Å²) in [6.45, 7) is 1.72. The lowest BCUT2D eigenvalue weighted by Crippen LogP contribution is -2.64. The van der Waals surface area contributed by atoms with Gasteiger partial charge in [-0.25, -0.2) is 0 Å². The third-order valence-electron chi connectivity index (χ3n) is 4.48. The molecule has 3 saturated heterocycles. The van der Waals surface area contributed by atoms with Gasteiger partial charge in [0.1, 0.15) is 48.8 Å². The molecule has 12 nitrogen and oxygen atoms in total. The summed E-state index contributed by atoms with van der Waals surface area (Å²) in [4.78, 5) is 0. The molecule has 0 radical (unpaired) electrons. The van der Waals surface area contributed by atoms with E-state index in [0.717, 1.165) is 6.61 Å². The number of rotatable bonds is 4. The second kappa shape index (κ2) is 9.82. The van der Waals surface area contributed by atoms with E-state index in [1.165, 1.54) is 0 Å². The maximum atomic E-state index is 9.94. The van der Waals surface area contributed by atoms with E-state index in [9.17, 15) is 30.6 Å². The molecule has 1 unspecified atom stereocenters. The zero-order valence-electron chi connectivity index (χ0n) is 14.7. The zero-order valence-corrected chi connectivity index (χ0v) is 14.7. The van der Waals surface area contributed by atoms with Crippen LogP contribution in [0, 0.1) is 0 Å². The first-order valence-corrected chi connectivity index (χ1v) is 8.59. The van der Waals surface area contributed by atoms with Gasteiger partial charge in [-0.3, -0.25) is 0 Å². The van der Waals surface area contributed by atoms with Crippen LogP contribution < -0.4 is 0 Å². The van der Waals surface area contributed by atoms with E-state index in [0.29, 0.717) is 6.10 Å². The molecule has 0 spiro atoms. The van der Waals surface area contributed by atoms with Gasteiger partial charge in [-0.05, 0) is 6.92 Å². The molecule has 3 fully saturated rings. The van der Waals surface area contributed by atoms with Gasteiger partial charge < -0.3 is 59.8 Å². The van der Waals surface area contributed by atoms with Gasteiger partial charge in [0.15, 0.2) is 12.6 Å². The molecule has 12 heteroatoms. The molecule has 0 saturated carbocycles. The molecule has 0 aromatic rings. The van der Waals surface area contributed by atoms with Gasteiger partial charge in [0, 0.05) is 0 Å². The van der Waals surface area contributed by atoms with Crippen molar-refractivity contribution in [2.75, 3.05) is 19.8 Å². The molecular weight excluding hydrogens is 372 g/mol. The molecule has 3 aliphatic heterocycles. The van der Waals surface area contributed by atoms with Crippen molar-refractivity contribution in [2.24, 2.45) is 0 Å². The Bertz CT molecular complexity index is 447. The van der Waals surface area contributed by atoms with Gasteiger partial charge in [-0.1, -0.05) is 0 Å². The van der Waals surface area contributed by atoms with Crippen molar-refractivity contribution in [1.82, 2.24) is 0 Å². The monoisotopic (exact) mass is 400 g/mol. The second-order valence-corrected chi connectivity index (χ2v) is 6.67. The van der Waals surface area contributed by atoms with E-state index in [-0.39, 0.29) is 0 Å². The molecule has 0 aromatic heterocycles. The first-order chi connectivity index (χ1) is 12.7. The Morgan fingerprint density at radius 1 is 0.778 bits per heavy atom. The lowest BCUT2D eigenvalue weighted by Gasteiger charge is -2.44. The normalized spacial score (nSPS) is 49.9. The van der Waals surface area contributed by atoms with Crippen LogP contribution in [-0.4, -0.2) is 128 Å². The highest BCUT2D eigenvalue weighted by atomic mass is 16.7. The fraction of sp³-hybridized carbons (Fsp3) is 1.00. The molecule has 0 bridgehead atoms. The molecule has 0 amide bonds. The van der Waals surface area contributed by atoms with E-state index >= 15 is 0 Å². The smallest absolute Gasteiger partial charge is 0.187 e. The van der Waals surface area contributed by atoms with Crippen LogP contribution in [0.2, 0.25) is 0 Å². The quantitative estimate of drug-likeness (QED) is 0.209. The summed E-state index contributed by atoms with van der Waals surface area (Å²) in [6.07, 6.45) is -15.1. The fourth-order valence-corrected chi connectivity index (χ4v) is 2.65. The largest absolute Gasteiger partial charge is 0.394 e. The average molecular weight is 400 g/mol. The molecule has 3 rings (SSSR count). The van der Waals surface area contributed by atoms with Crippen molar-refractivity contribution in [2.45, 2.75) is 74.4 Å². The maximum absolute atomic E-state index is 9.94. The topological polar surface area (TPSA) is 202 Å². The zero-order chi connectivity index (χ0) is 20.3. The van der Waals surface area contributed by atoms with Crippen molar-refractivity contribution in [3.8, 4) is 0 Å². The number of epoxide rings is 1. The Kier molecular flexibility index (Phi) is 8.30. The van der Waals surface area contributed by atoms with Crippen LogP contribution >= 0.6 is 0 Å². The Balaban J connectivity index is 0.000000576. The van der Waals surface area contributed by atoms with Crippen molar-refractivity contribution in [3.63, 3.8) is 0 Å². The minimum atomic E-state index is -1.75. The first-order valence-electron chi connectivity index (χ1n) is 8.59. The Labute approximate surface area is 155 Å². The van der Waals surface area contributed by atoms with Gasteiger partial charge in [0.25, 0.3) is 0 Å². The first kappa shape index (κ1) is 22.8. The highest BCUT2D eigenvalue weighted by Gasteiger charge is 2.50. The minimum absolute atomic E-state index is 0.583. The number of aliphatic hydroxyl groups is 8. The van der Waals surface area contributed by atoms with Crippen LogP contribution in [0.3, 0.4) is 0 Å². The summed E-state index contributed by atoms with van der Waals surface area (Å²) >= 11 is 0. The molecule has 11 atom stereocenters. The lowest BCUT2D eigenvalue weighted by molar-refractivity contribution is -0.361. The SMILES string of the molecule is CC1CO1.OC[C@H]1O[C@@H](O[C@@H]2[C@@H](O)[C@H](O)[C@@H](CO)O[C@@H]2O)[C@H](O)[C@@H](O)[C@@H]1O. The standard InChI is InChI=1S/C12H22O11.C3H6O/c13-1-3-6(16)8(18)10(11(20)21-3)23-12-9(19)7(17)5(15)4(2-14)22-12;1-3-2-4-3/h3-20H,1-2H2;3H,2H2,1H3/t3-,4-,5-,6-,7+,8+,9-,10-,11+,12+;/m1./s1. The Morgan fingerprint density at radius 3 is 1.74 bits per heavy atom. The second-order valence-electron chi connectivity index (χ2n) is 6.67. The van der Waals surface area contributed by atoms with Crippen LogP contribution in [0.25, 0.3) is 0 Å². The predicted octanol–water partition coefficient (Wildman–Crippen LogP) is -4.99. The molecule has 0 aliphatic carbocycles. The van der Waals surface area contributed by atoms with Crippen LogP contribution in [-0.2, 0) is 18.9 Å². The Morgan fingerprint density at radius 2 is 1.26 bits per heavy atom. The van der Waals surface area contributed by atoms with Crippen LogP contribution in [0.5, 0.6) is 0 Å². The number of ether oxygens (including phenoxy) is 4. The number of hydrogen-bond acceptors (Lipinski definition) is 12. The third-order valence-corrected chi connectivity index (χ3v) is 4.48. The number of hydrogen-bond donors (Lipinski definition) is 8. The molecule has 27 heavy (non-hydrogen) atoms. The van der Waals surface area contributed by atoms with E-state index in [1.807, 2.05) is 0 Å². The molecule has 3 aliphatic rings. The van der Waals surface area contributed by atoms with Crippen LogP contribution in [0.4, 0.5) is 0 Å². The van der Waals surface area contributed by atoms with E-state index < -0.39 is 74.6 Å². The molecular formula is C15H28O12. The fourth-order valence-electron chi connectivity index (χ4n) is 2.65. The highest BCUT2D eigenvalue weighted by Crippen LogP contribution is 2.28. The van der Waals surface area contributed by atoms with Crippen molar-refractivity contribution in [1.29, 1.82) is 0 Å². The molecule has 8 N–H and O–H groups in total. The van der Waals surface area contributed by atoms with Crippen molar-refractivity contribution >= 4 is 0 Å². The predicted molar refractivity (Wildman–Crippen MR) is 84.0 cm³/mol. The van der Waals surface area contributed by atoms with Gasteiger partial charge in [0.05, 0.1) is 25.9 Å². The Hall–Kier alpha value is -0.480.